The van der Waals surface area contributed by atoms with Crippen LogP contribution in [0.25, 0.3) is 0 Å². The molecule has 2 heteroatoms. The van der Waals surface area contributed by atoms with Crippen molar-refractivity contribution in [1.82, 2.24) is 0 Å². The van der Waals surface area contributed by atoms with E-state index in [0.29, 0.717) is 5.92 Å². The maximum atomic E-state index is 5.82. The fraction of sp³-hybridized carbons (Fsp3) is 1.00. The van der Waals surface area contributed by atoms with E-state index in [0.717, 1.165) is 32.1 Å². The van der Waals surface area contributed by atoms with Crippen molar-refractivity contribution in [3.05, 3.63) is 0 Å². The minimum absolute atomic E-state index is 0.00806. The maximum absolute atomic E-state index is 5.82. The lowest BCUT2D eigenvalue weighted by Crippen LogP contribution is -2.43. The lowest BCUT2D eigenvalue weighted by molar-refractivity contribution is -0.101. The molecule has 0 aromatic rings. The highest BCUT2D eigenvalue weighted by Gasteiger charge is 2.38. The summed E-state index contributed by atoms with van der Waals surface area (Å²) in [6, 6.07) is 0. The summed E-state index contributed by atoms with van der Waals surface area (Å²) in [6.45, 7) is 11.2. The van der Waals surface area contributed by atoms with Gasteiger partial charge in [-0.25, -0.2) is 0 Å². The Bertz CT molecular complexity index is 177. The van der Waals surface area contributed by atoms with Crippen LogP contribution in [0.3, 0.4) is 0 Å². The first-order chi connectivity index (χ1) is 7.99. The van der Waals surface area contributed by atoms with Crippen molar-refractivity contribution >= 4 is 0 Å². The molecular formula is C15H32O2. The van der Waals surface area contributed by atoms with Crippen LogP contribution in [0.5, 0.6) is 0 Å². The van der Waals surface area contributed by atoms with Crippen molar-refractivity contribution in [1.29, 1.82) is 0 Å². The van der Waals surface area contributed by atoms with Gasteiger partial charge in [-0.15, -0.1) is 0 Å². The molecule has 1 atom stereocenters. The lowest BCUT2D eigenvalue weighted by atomic mass is 9.75. The highest BCUT2D eigenvalue weighted by atomic mass is 16.5. The van der Waals surface area contributed by atoms with E-state index in [1.54, 1.807) is 0 Å². The Morgan fingerprint density at radius 3 is 1.53 bits per heavy atom. The van der Waals surface area contributed by atoms with Crippen LogP contribution in [0.15, 0.2) is 0 Å². The Balaban J connectivity index is 4.85. The van der Waals surface area contributed by atoms with Gasteiger partial charge in [-0.05, 0) is 38.0 Å². The largest absolute Gasteiger partial charge is 0.378 e. The highest BCUT2D eigenvalue weighted by molar-refractivity contribution is 4.90. The van der Waals surface area contributed by atoms with E-state index in [2.05, 4.69) is 34.6 Å². The highest BCUT2D eigenvalue weighted by Crippen LogP contribution is 2.37. The van der Waals surface area contributed by atoms with Gasteiger partial charge in [-0.2, -0.15) is 0 Å². The van der Waals surface area contributed by atoms with E-state index in [1.165, 1.54) is 0 Å². The Kier molecular flexibility index (Phi) is 7.34. The summed E-state index contributed by atoms with van der Waals surface area (Å²) >= 11 is 0. The average molecular weight is 244 g/mol. The van der Waals surface area contributed by atoms with Crippen LogP contribution in [0.2, 0.25) is 0 Å². The zero-order chi connectivity index (χ0) is 13.5. The zero-order valence-corrected chi connectivity index (χ0v) is 12.9. The van der Waals surface area contributed by atoms with E-state index in [1.807, 2.05) is 14.2 Å². The van der Waals surface area contributed by atoms with Crippen molar-refractivity contribution in [2.75, 3.05) is 14.2 Å². The summed E-state index contributed by atoms with van der Waals surface area (Å²) in [5.41, 5.74) is 0.0294. The average Bonchev–Trinajstić information content (AvgIpc) is 2.39. The van der Waals surface area contributed by atoms with Gasteiger partial charge in [0.15, 0.2) is 0 Å². The summed E-state index contributed by atoms with van der Waals surface area (Å²) in [7, 11) is 3.68. The number of methoxy groups -OCH3 is 2. The second kappa shape index (κ2) is 7.38. The molecule has 0 N–H and O–H groups in total. The van der Waals surface area contributed by atoms with Gasteiger partial charge in [0.1, 0.15) is 0 Å². The molecule has 17 heavy (non-hydrogen) atoms. The quantitative estimate of drug-likeness (QED) is 0.597. The Morgan fingerprint density at radius 2 is 1.29 bits per heavy atom. The van der Waals surface area contributed by atoms with Gasteiger partial charge in [0.05, 0.1) is 11.2 Å². The topological polar surface area (TPSA) is 18.5 Å². The molecule has 0 spiro atoms. The Hall–Kier alpha value is -0.0800. The summed E-state index contributed by atoms with van der Waals surface area (Å²) in [5.74, 6) is 0.516. The number of hydrogen-bond donors (Lipinski definition) is 0. The van der Waals surface area contributed by atoms with Gasteiger partial charge in [0.2, 0.25) is 0 Å². The molecule has 0 aromatic carbocycles. The van der Waals surface area contributed by atoms with Crippen LogP contribution in [-0.2, 0) is 9.47 Å². The van der Waals surface area contributed by atoms with Gasteiger partial charge in [-0.1, -0.05) is 34.6 Å². The molecule has 0 saturated heterocycles. The molecule has 104 valence electrons. The SMILES string of the molecule is CCC(CC)(CC(C)C(CC)(CC)OC)OC. The summed E-state index contributed by atoms with van der Waals surface area (Å²) < 4.78 is 11.6. The van der Waals surface area contributed by atoms with Crippen molar-refractivity contribution in [3.63, 3.8) is 0 Å². The molecule has 0 aliphatic rings. The molecule has 0 radical (unpaired) electrons. The van der Waals surface area contributed by atoms with E-state index in [9.17, 15) is 0 Å². The third-order valence-corrected chi connectivity index (χ3v) is 4.90. The van der Waals surface area contributed by atoms with Crippen LogP contribution < -0.4 is 0 Å². The van der Waals surface area contributed by atoms with E-state index < -0.39 is 0 Å². The summed E-state index contributed by atoms with van der Waals surface area (Å²) in [6.07, 6.45) is 5.34. The van der Waals surface area contributed by atoms with Gasteiger partial charge < -0.3 is 9.47 Å². The van der Waals surface area contributed by atoms with Crippen LogP contribution in [0, 0.1) is 5.92 Å². The first-order valence-corrected chi connectivity index (χ1v) is 7.10. The standard InChI is InChI=1S/C15H32O2/c1-8-14(9-2,16-6)12-13(5)15(10-3,11-4)17-7/h13H,8-12H2,1-7H3. The van der Waals surface area contributed by atoms with Gasteiger partial charge >= 0.3 is 0 Å². The second-order valence-corrected chi connectivity index (χ2v) is 5.18. The van der Waals surface area contributed by atoms with Crippen LogP contribution in [-0.4, -0.2) is 25.4 Å². The molecule has 0 aliphatic carbocycles. The van der Waals surface area contributed by atoms with E-state index >= 15 is 0 Å². The second-order valence-electron chi connectivity index (χ2n) is 5.18. The molecular weight excluding hydrogens is 212 g/mol. The predicted octanol–water partition coefficient (Wildman–Crippen LogP) is 4.42. The van der Waals surface area contributed by atoms with Crippen molar-refractivity contribution < 1.29 is 9.47 Å². The minimum atomic E-state index is 0.00806. The Morgan fingerprint density at radius 1 is 0.824 bits per heavy atom. The van der Waals surface area contributed by atoms with Gasteiger partial charge in [-0.3, -0.25) is 0 Å². The molecule has 1 unspecified atom stereocenters. The zero-order valence-electron chi connectivity index (χ0n) is 12.9. The molecule has 2 nitrogen and oxygen atoms in total. The lowest BCUT2D eigenvalue weighted by Gasteiger charge is -2.42. The predicted molar refractivity (Wildman–Crippen MR) is 74.4 cm³/mol. The maximum Gasteiger partial charge on any atom is 0.0700 e. The fourth-order valence-corrected chi connectivity index (χ4v) is 3.09. The van der Waals surface area contributed by atoms with Crippen LogP contribution >= 0.6 is 0 Å². The number of hydrogen-bond acceptors (Lipinski definition) is 2. The molecule has 0 bridgehead atoms. The molecule has 0 amide bonds. The fourth-order valence-electron chi connectivity index (χ4n) is 3.09. The molecule has 0 heterocycles. The van der Waals surface area contributed by atoms with Crippen molar-refractivity contribution in [2.24, 2.45) is 5.92 Å². The molecule has 0 rings (SSSR count). The van der Waals surface area contributed by atoms with Crippen LogP contribution in [0.1, 0.15) is 66.7 Å². The van der Waals surface area contributed by atoms with Crippen molar-refractivity contribution in [3.8, 4) is 0 Å². The third-order valence-electron chi connectivity index (χ3n) is 4.90. The molecule has 0 aliphatic heterocycles. The van der Waals surface area contributed by atoms with Gasteiger partial charge in [0.25, 0.3) is 0 Å². The summed E-state index contributed by atoms with van der Waals surface area (Å²) in [5, 5.41) is 0. The van der Waals surface area contributed by atoms with E-state index in [-0.39, 0.29) is 11.2 Å². The normalized spacial score (nSPS) is 15.0. The monoisotopic (exact) mass is 244 g/mol. The first-order valence-electron chi connectivity index (χ1n) is 7.10. The Labute approximate surface area is 108 Å². The molecule has 0 saturated carbocycles. The minimum Gasteiger partial charge on any atom is -0.378 e. The first kappa shape index (κ1) is 16.9. The van der Waals surface area contributed by atoms with Crippen LogP contribution in [0.4, 0.5) is 0 Å². The smallest absolute Gasteiger partial charge is 0.0700 e. The number of rotatable bonds is 9. The summed E-state index contributed by atoms with van der Waals surface area (Å²) in [4.78, 5) is 0. The number of ether oxygens (including phenoxy) is 2. The molecule has 0 aromatic heterocycles. The van der Waals surface area contributed by atoms with E-state index in [4.69, 9.17) is 9.47 Å². The molecule has 0 fully saturated rings. The van der Waals surface area contributed by atoms with Crippen molar-refractivity contribution in [2.45, 2.75) is 77.9 Å². The van der Waals surface area contributed by atoms with Gasteiger partial charge in [0, 0.05) is 14.2 Å². The third kappa shape index (κ3) is 3.69.